The summed E-state index contributed by atoms with van der Waals surface area (Å²) >= 11 is 1.44. The largest absolute Gasteiger partial charge is 0.368 e. The Balaban J connectivity index is 1.44. The van der Waals surface area contributed by atoms with Gasteiger partial charge in [-0.05, 0) is 31.0 Å². The first-order chi connectivity index (χ1) is 14.1. The van der Waals surface area contributed by atoms with Crippen LogP contribution in [0.25, 0.3) is 0 Å². The summed E-state index contributed by atoms with van der Waals surface area (Å²) in [6.07, 6.45) is 0.815. The van der Waals surface area contributed by atoms with Crippen LogP contribution in [0.2, 0.25) is 0 Å². The maximum Gasteiger partial charge on any atom is 0.232 e. The molecule has 0 atom stereocenters. The number of nitrogens with zero attached hydrogens (tertiary/aromatic N) is 3. The van der Waals surface area contributed by atoms with Crippen molar-refractivity contribution < 1.29 is 4.79 Å². The molecule has 3 aromatic rings. The number of nitrogens with one attached hydrogen (secondary N) is 2. The lowest BCUT2D eigenvalue weighted by Crippen LogP contribution is -2.27. The summed E-state index contributed by atoms with van der Waals surface area (Å²) in [6.45, 7) is 2.64. The van der Waals surface area contributed by atoms with Gasteiger partial charge in [0.1, 0.15) is 5.82 Å². The van der Waals surface area contributed by atoms with E-state index in [2.05, 4.69) is 25.6 Å². The fourth-order valence-corrected chi connectivity index (χ4v) is 3.30. The molecule has 0 bridgehead atoms. The third-order valence-corrected chi connectivity index (χ3v) is 4.98. The maximum atomic E-state index is 12.0. The van der Waals surface area contributed by atoms with E-state index in [9.17, 15) is 4.79 Å². The van der Waals surface area contributed by atoms with E-state index in [1.54, 1.807) is 0 Å². The summed E-state index contributed by atoms with van der Waals surface area (Å²) in [7, 11) is 0. The van der Waals surface area contributed by atoms with Crippen LogP contribution in [0.4, 0.5) is 17.6 Å². The van der Waals surface area contributed by atoms with E-state index in [0.29, 0.717) is 29.8 Å². The van der Waals surface area contributed by atoms with Crippen molar-refractivity contribution in [3.05, 3.63) is 71.5 Å². The van der Waals surface area contributed by atoms with Crippen LogP contribution in [0.5, 0.6) is 0 Å². The lowest BCUT2D eigenvalue weighted by molar-refractivity contribution is -0.118. The Hall–Kier alpha value is -3.13. The van der Waals surface area contributed by atoms with Crippen molar-refractivity contribution in [2.24, 2.45) is 0 Å². The molecule has 0 spiro atoms. The summed E-state index contributed by atoms with van der Waals surface area (Å²) in [5.74, 6) is 1.88. The second-order valence-electron chi connectivity index (χ2n) is 6.50. The van der Waals surface area contributed by atoms with Crippen LogP contribution < -0.4 is 16.4 Å². The average Bonchev–Trinajstić information content (AvgIpc) is 2.70. The van der Waals surface area contributed by atoms with Gasteiger partial charge in [-0.15, -0.1) is 11.8 Å². The van der Waals surface area contributed by atoms with Gasteiger partial charge in [-0.3, -0.25) is 4.79 Å². The predicted molar refractivity (Wildman–Crippen MR) is 118 cm³/mol. The molecule has 0 unspecified atom stereocenters. The Kier molecular flexibility index (Phi) is 7.40. The lowest BCUT2D eigenvalue weighted by Gasteiger charge is -2.08. The van der Waals surface area contributed by atoms with Crippen molar-refractivity contribution in [1.29, 1.82) is 0 Å². The number of carbonyl (C=O) groups is 1. The monoisotopic (exact) mass is 408 g/mol. The highest BCUT2D eigenvalue weighted by molar-refractivity contribution is 7.99. The summed E-state index contributed by atoms with van der Waals surface area (Å²) in [5, 5.41) is 6.05. The summed E-state index contributed by atoms with van der Waals surface area (Å²) in [5.41, 5.74) is 9.05. The highest BCUT2D eigenvalue weighted by atomic mass is 32.2. The van der Waals surface area contributed by atoms with Gasteiger partial charge >= 0.3 is 0 Å². The van der Waals surface area contributed by atoms with Crippen molar-refractivity contribution in [1.82, 2.24) is 20.3 Å². The van der Waals surface area contributed by atoms with Gasteiger partial charge in [0, 0.05) is 12.2 Å². The number of anilines is 3. The molecule has 3 rings (SSSR count). The number of nitrogens with two attached hydrogens (primary N) is 1. The lowest BCUT2D eigenvalue weighted by atomic mass is 10.1. The molecule has 150 valence electrons. The molecule has 0 aliphatic heterocycles. The molecule has 0 saturated heterocycles. The zero-order valence-corrected chi connectivity index (χ0v) is 17.1. The molecule has 1 heterocycles. The van der Waals surface area contributed by atoms with Gasteiger partial charge in [-0.25, -0.2) is 0 Å². The SMILES string of the molecule is Cc1ccc(Nc2nc(N)nc(CSCC(=O)NCCc3ccccc3)n2)cc1. The summed E-state index contributed by atoms with van der Waals surface area (Å²) in [4.78, 5) is 24.7. The molecular weight excluding hydrogens is 384 g/mol. The number of amides is 1. The first-order valence-electron chi connectivity index (χ1n) is 9.31. The minimum Gasteiger partial charge on any atom is -0.368 e. The molecule has 2 aromatic carbocycles. The third-order valence-electron chi connectivity index (χ3n) is 4.05. The molecule has 0 aliphatic rings. The highest BCUT2D eigenvalue weighted by Gasteiger charge is 2.07. The Morgan fingerprint density at radius 1 is 1.03 bits per heavy atom. The Morgan fingerprint density at radius 2 is 1.79 bits per heavy atom. The van der Waals surface area contributed by atoms with Crippen molar-refractivity contribution >= 4 is 35.3 Å². The van der Waals surface area contributed by atoms with Gasteiger partial charge in [0.25, 0.3) is 0 Å². The van der Waals surface area contributed by atoms with Gasteiger partial charge in [0.05, 0.1) is 11.5 Å². The topological polar surface area (TPSA) is 106 Å². The van der Waals surface area contributed by atoms with Crippen molar-refractivity contribution in [2.75, 3.05) is 23.3 Å². The standard InChI is InChI=1S/C21H24N6OS/c1-15-7-9-17(10-8-15)24-21-26-18(25-20(22)27-21)13-29-14-19(28)23-12-11-16-5-3-2-4-6-16/h2-10H,11-14H2,1H3,(H,23,28)(H3,22,24,25,26,27). The fraction of sp³-hybridized carbons (Fsp3) is 0.238. The van der Waals surface area contributed by atoms with Crippen LogP contribution in [0, 0.1) is 6.92 Å². The number of benzene rings is 2. The van der Waals surface area contributed by atoms with E-state index in [1.807, 2.05) is 61.5 Å². The maximum absolute atomic E-state index is 12.0. The first kappa shape index (κ1) is 20.6. The van der Waals surface area contributed by atoms with Gasteiger partial charge in [0.15, 0.2) is 0 Å². The molecule has 0 fully saturated rings. The molecule has 0 saturated carbocycles. The number of hydrogen-bond donors (Lipinski definition) is 3. The average molecular weight is 409 g/mol. The third kappa shape index (κ3) is 7.08. The van der Waals surface area contributed by atoms with Crippen LogP contribution in [0.3, 0.4) is 0 Å². The molecule has 1 aromatic heterocycles. The van der Waals surface area contributed by atoms with E-state index >= 15 is 0 Å². The first-order valence-corrected chi connectivity index (χ1v) is 10.5. The Labute approximate surface area is 174 Å². The normalized spacial score (nSPS) is 10.5. The number of hydrogen-bond acceptors (Lipinski definition) is 7. The molecule has 29 heavy (non-hydrogen) atoms. The second-order valence-corrected chi connectivity index (χ2v) is 7.49. The van der Waals surface area contributed by atoms with Gasteiger partial charge < -0.3 is 16.4 Å². The number of carbonyl (C=O) groups excluding carboxylic acids is 1. The van der Waals surface area contributed by atoms with E-state index in [-0.39, 0.29) is 11.9 Å². The summed E-state index contributed by atoms with van der Waals surface area (Å²) in [6, 6.07) is 18.0. The van der Waals surface area contributed by atoms with Crippen molar-refractivity contribution in [2.45, 2.75) is 19.1 Å². The minimum absolute atomic E-state index is 0.00837. The molecule has 8 heteroatoms. The van der Waals surface area contributed by atoms with Crippen LogP contribution in [0.1, 0.15) is 17.0 Å². The van der Waals surface area contributed by atoms with Crippen molar-refractivity contribution in [3.63, 3.8) is 0 Å². The Morgan fingerprint density at radius 3 is 2.55 bits per heavy atom. The summed E-state index contributed by atoms with van der Waals surface area (Å²) < 4.78 is 0. The fourth-order valence-electron chi connectivity index (χ4n) is 2.60. The molecular formula is C21H24N6OS. The van der Waals surface area contributed by atoms with Crippen LogP contribution in [-0.4, -0.2) is 33.2 Å². The van der Waals surface area contributed by atoms with E-state index in [0.717, 1.165) is 12.1 Å². The highest BCUT2D eigenvalue weighted by Crippen LogP contribution is 2.16. The zero-order chi connectivity index (χ0) is 20.5. The van der Waals surface area contributed by atoms with Crippen LogP contribution in [-0.2, 0) is 17.0 Å². The molecule has 0 radical (unpaired) electrons. The molecule has 1 amide bonds. The molecule has 0 aliphatic carbocycles. The zero-order valence-electron chi connectivity index (χ0n) is 16.3. The number of aryl methyl sites for hydroxylation is 1. The second kappa shape index (κ2) is 10.4. The number of nitrogen functional groups attached to an aromatic ring is 1. The van der Waals surface area contributed by atoms with E-state index in [4.69, 9.17) is 5.73 Å². The van der Waals surface area contributed by atoms with E-state index in [1.165, 1.54) is 22.9 Å². The van der Waals surface area contributed by atoms with Gasteiger partial charge in [-0.2, -0.15) is 15.0 Å². The molecule has 4 N–H and O–H groups in total. The smallest absolute Gasteiger partial charge is 0.232 e. The molecule has 7 nitrogen and oxygen atoms in total. The van der Waals surface area contributed by atoms with Gasteiger partial charge in [-0.1, -0.05) is 48.0 Å². The predicted octanol–water partition coefficient (Wildman–Crippen LogP) is 3.10. The minimum atomic E-state index is -0.00837. The van der Waals surface area contributed by atoms with E-state index < -0.39 is 0 Å². The number of aromatic nitrogens is 3. The van der Waals surface area contributed by atoms with Crippen LogP contribution >= 0.6 is 11.8 Å². The quantitative estimate of drug-likeness (QED) is 0.499. The number of rotatable bonds is 9. The van der Waals surface area contributed by atoms with Gasteiger partial charge in [0.2, 0.25) is 17.8 Å². The van der Waals surface area contributed by atoms with Crippen molar-refractivity contribution in [3.8, 4) is 0 Å². The van der Waals surface area contributed by atoms with Crippen LogP contribution in [0.15, 0.2) is 54.6 Å². The Bertz CT molecular complexity index is 934. The number of thioether (sulfide) groups is 1.